The van der Waals surface area contributed by atoms with Gasteiger partial charge in [0.1, 0.15) is 15.7 Å². The van der Waals surface area contributed by atoms with Crippen molar-refractivity contribution >= 4 is 9.84 Å². The summed E-state index contributed by atoms with van der Waals surface area (Å²) in [6, 6.07) is 6.45. The quantitative estimate of drug-likeness (QED) is 0.823. The highest BCUT2D eigenvalue weighted by atomic mass is 32.2. The van der Waals surface area contributed by atoms with Crippen molar-refractivity contribution in [1.82, 2.24) is 0 Å². The molecule has 0 fully saturated rings. The SMILES string of the molecule is CS(=O)(=O)CCCC(CN)Cc1cccc(F)c1. The Morgan fingerprint density at radius 3 is 2.67 bits per heavy atom. The summed E-state index contributed by atoms with van der Waals surface area (Å²) in [5.74, 6) is 0.139. The molecule has 1 aromatic carbocycles. The van der Waals surface area contributed by atoms with Crippen LogP contribution in [-0.2, 0) is 16.3 Å². The molecule has 0 amide bonds. The van der Waals surface area contributed by atoms with Crippen LogP contribution < -0.4 is 5.73 Å². The lowest BCUT2D eigenvalue weighted by Gasteiger charge is -2.14. The Bertz CT molecular complexity index is 474. The van der Waals surface area contributed by atoms with E-state index in [2.05, 4.69) is 0 Å². The summed E-state index contributed by atoms with van der Waals surface area (Å²) in [6.45, 7) is 0.486. The molecule has 5 heteroatoms. The van der Waals surface area contributed by atoms with E-state index in [0.717, 1.165) is 12.0 Å². The van der Waals surface area contributed by atoms with Gasteiger partial charge >= 0.3 is 0 Å². The van der Waals surface area contributed by atoms with Crippen molar-refractivity contribution in [3.8, 4) is 0 Å². The molecule has 0 aliphatic carbocycles. The lowest BCUT2D eigenvalue weighted by molar-refractivity contribution is 0.484. The fraction of sp³-hybridized carbons (Fsp3) is 0.538. The normalized spacial score (nSPS) is 13.5. The molecule has 0 aromatic heterocycles. The molecule has 0 aliphatic heterocycles. The van der Waals surface area contributed by atoms with E-state index in [0.29, 0.717) is 19.4 Å². The highest BCUT2D eigenvalue weighted by molar-refractivity contribution is 7.90. The third kappa shape index (κ3) is 6.12. The van der Waals surface area contributed by atoms with Gasteiger partial charge in [-0.3, -0.25) is 0 Å². The molecule has 1 atom stereocenters. The Balaban J connectivity index is 2.47. The topological polar surface area (TPSA) is 60.2 Å². The first-order valence-electron chi connectivity index (χ1n) is 6.03. The Morgan fingerprint density at radius 1 is 1.39 bits per heavy atom. The number of nitrogens with two attached hydrogens (primary N) is 1. The average Bonchev–Trinajstić information content (AvgIpc) is 2.26. The van der Waals surface area contributed by atoms with Crippen LogP contribution in [0.5, 0.6) is 0 Å². The highest BCUT2D eigenvalue weighted by Crippen LogP contribution is 2.14. The maximum Gasteiger partial charge on any atom is 0.147 e. The smallest absolute Gasteiger partial charge is 0.147 e. The molecule has 1 rings (SSSR count). The predicted octanol–water partition coefficient (Wildman–Crippen LogP) is 1.77. The van der Waals surface area contributed by atoms with Gasteiger partial charge in [-0.1, -0.05) is 12.1 Å². The van der Waals surface area contributed by atoms with Crippen molar-refractivity contribution in [2.45, 2.75) is 19.3 Å². The van der Waals surface area contributed by atoms with Gasteiger partial charge in [0.15, 0.2) is 0 Å². The molecular formula is C13H20FNO2S. The van der Waals surface area contributed by atoms with Crippen molar-refractivity contribution in [2.75, 3.05) is 18.6 Å². The maximum absolute atomic E-state index is 13.0. The van der Waals surface area contributed by atoms with Gasteiger partial charge < -0.3 is 5.73 Å². The third-order valence-electron chi connectivity index (χ3n) is 2.87. The predicted molar refractivity (Wildman–Crippen MR) is 71.6 cm³/mol. The lowest BCUT2D eigenvalue weighted by atomic mass is 9.95. The van der Waals surface area contributed by atoms with Crippen LogP contribution in [0.25, 0.3) is 0 Å². The summed E-state index contributed by atoms with van der Waals surface area (Å²) in [5.41, 5.74) is 6.57. The number of benzene rings is 1. The number of halogens is 1. The summed E-state index contributed by atoms with van der Waals surface area (Å²) in [7, 11) is -2.91. The van der Waals surface area contributed by atoms with Crippen molar-refractivity contribution in [3.05, 3.63) is 35.6 Å². The van der Waals surface area contributed by atoms with Gasteiger partial charge in [-0.05, 0) is 49.4 Å². The van der Waals surface area contributed by atoms with E-state index in [1.165, 1.54) is 18.4 Å². The molecule has 0 radical (unpaired) electrons. The molecule has 0 bridgehead atoms. The largest absolute Gasteiger partial charge is 0.330 e. The van der Waals surface area contributed by atoms with Gasteiger partial charge in [-0.15, -0.1) is 0 Å². The van der Waals surface area contributed by atoms with Gasteiger partial charge in [0, 0.05) is 12.0 Å². The van der Waals surface area contributed by atoms with E-state index < -0.39 is 9.84 Å². The molecule has 0 spiro atoms. The van der Waals surface area contributed by atoms with E-state index in [4.69, 9.17) is 5.73 Å². The van der Waals surface area contributed by atoms with Crippen molar-refractivity contribution in [3.63, 3.8) is 0 Å². The van der Waals surface area contributed by atoms with Crippen LogP contribution >= 0.6 is 0 Å². The molecule has 0 saturated heterocycles. The van der Waals surface area contributed by atoms with Crippen molar-refractivity contribution < 1.29 is 12.8 Å². The Morgan fingerprint density at radius 2 is 2.11 bits per heavy atom. The zero-order valence-electron chi connectivity index (χ0n) is 10.6. The van der Waals surface area contributed by atoms with Crippen LogP contribution in [0.4, 0.5) is 4.39 Å². The van der Waals surface area contributed by atoms with Crippen LogP contribution in [0.15, 0.2) is 24.3 Å². The Kier molecular flexibility index (Phi) is 5.75. The van der Waals surface area contributed by atoms with Gasteiger partial charge in [-0.2, -0.15) is 0 Å². The second kappa shape index (κ2) is 6.85. The van der Waals surface area contributed by atoms with Gasteiger partial charge in [-0.25, -0.2) is 12.8 Å². The molecule has 3 nitrogen and oxygen atoms in total. The molecule has 2 N–H and O–H groups in total. The highest BCUT2D eigenvalue weighted by Gasteiger charge is 2.10. The lowest BCUT2D eigenvalue weighted by Crippen LogP contribution is -2.18. The zero-order valence-corrected chi connectivity index (χ0v) is 11.4. The van der Waals surface area contributed by atoms with Crippen LogP contribution in [-0.4, -0.2) is 27.0 Å². The molecule has 0 aliphatic rings. The van der Waals surface area contributed by atoms with Gasteiger partial charge in [0.05, 0.1) is 0 Å². The summed E-state index contributed by atoms with van der Waals surface area (Å²) < 4.78 is 35.1. The van der Waals surface area contributed by atoms with Crippen LogP contribution in [0.3, 0.4) is 0 Å². The molecule has 102 valence electrons. The zero-order chi connectivity index (χ0) is 13.6. The number of hydrogen-bond acceptors (Lipinski definition) is 3. The number of hydrogen-bond donors (Lipinski definition) is 1. The van der Waals surface area contributed by atoms with E-state index in [-0.39, 0.29) is 17.5 Å². The average molecular weight is 273 g/mol. The number of sulfone groups is 1. The van der Waals surface area contributed by atoms with Gasteiger partial charge in [0.2, 0.25) is 0 Å². The second-order valence-corrected chi connectivity index (χ2v) is 6.97. The van der Waals surface area contributed by atoms with Crippen LogP contribution in [0.1, 0.15) is 18.4 Å². The minimum absolute atomic E-state index is 0.187. The first-order chi connectivity index (χ1) is 8.40. The Labute approximate surface area is 108 Å². The maximum atomic E-state index is 13.0. The summed E-state index contributed by atoms with van der Waals surface area (Å²) in [6.07, 6.45) is 3.28. The van der Waals surface area contributed by atoms with Gasteiger partial charge in [0.25, 0.3) is 0 Å². The van der Waals surface area contributed by atoms with Crippen LogP contribution in [0.2, 0.25) is 0 Å². The minimum Gasteiger partial charge on any atom is -0.330 e. The summed E-state index contributed by atoms with van der Waals surface area (Å²) >= 11 is 0. The van der Waals surface area contributed by atoms with Crippen molar-refractivity contribution in [2.24, 2.45) is 11.7 Å². The number of rotatable bonds is 7. The molecular weight excluding hydrogens is 253 g/mol. The molecule has 1 unspecified atom stereocenters. The van der Waals surface area contributed by atoms with Crippen molar-refractivity contribution in [1.29, 1.82) is 0 Å². The molecule has 1 aromatic rings. The molecule has 0 saturated carbocycles. The minimum atomic E-state index is -2.91. The molecule has 18 heavy (non-hydrogen) atoms. The summed E-state index contributed by atoms with van der Waals surface area (Å²) in [5, 5.41) is 0. The van der Waals surface area contributed by atoms with E-state index >= 15 is 0 Å². The first kappa shape index (κ1) is 15.1. The first-order valence-corrected chi connectivity index (χ1v) is 8.09. The second-order valence-electron chi connectivity index (χ2n) is 4.71. The fourth-order valence-corrected chi connectivity index (χ4v) is 2.63. The van der Waals surface area contributed by atoms with E-state index in [1.54, 1.807) is 6.07 Å². The third-order valence-corrected chi connectivity index (χ3v) is 3.90. The standard InChI is InChI=1S/C13H20FNO2S/c1-18(16,17)7-3-5-12(10-15)8-11-4-2-6-13(14)9-11/h2,4,6,9,12H,3,5,7-8,10,15H2,1H3. The van der Waals surface area contributed by atoms with E-state index in [9.17, 15) is 12.8 Å². The van der Waals surface area contributed by atoms with Crippen LogP contribution in [0, 0.1) is 11.7 Å². The Hall–Kier alpha value is -0.940. The monoisotopic (exact) mass is 273 g/mol. The van der Waals surface area contributed by atoms with E-state index in [1.807, 2.05) is 6.07 Å². The fourth-order valence-electron chi connectivity index (χ4n) is 1.93. The summed E-state index contributed by atoms with van der Waals surface area (Å²) in [4.78, 5) is 0. The molecule has 0 heterocycles.